The van der Waals surface area contributed by atoms with Crippen LogP contribution in [0.4, 0.5) is 0 Å². The summed E-state index contributed by atoms with van der Waals surface area (Å²) in [5.41, 5.74) is 1.23. The molecule has 1 rings (SSSR count). The van der Waals surface area contributed by atoms with Gasteiger partial charge in [-0.1, -0.05) is 48.0 Å². The standard InChI is InChI=1S/C14H28/c1-11(2)12-10-14(12,6)9-7-8-13(3,4)5/h11-12H,7-10H2,1-6H3. The molecule has 0 nitrogen and oxygen atoms in total. The summed E-state index contributed by atoms with van der Waals surface area (Å²) < 4.78 is 0. The molecule has 1 fully saturated rings. The summed E-state index contributed by atoms with van der Waals surface area (Å²) in [5, 5.41) is 0. The highest BCUT2D eigenvalue weighted by atomic mass is 14.5. The molecule has 0 aromatic heterocycles. The van der Waals surface area contributed by atoms with Gasteiger partial charge in [-0.25, -0.2) is 0 Å². The van der Waals surface area contributed by atoms with Crippen LogP contribution in [0.5, 0.6) is 0 Å². The third-order valence-corrected chi connectivity index (χ3v) is 3.90. The molecule has 0 radical (unpaired) electrons. The molecule has 0 saturated heterocycles. The first-order valence-electron chi connectivity index (χ1n) is 6.25. The van der Waals surface area contributed by atoms with E-state index in [0.717, 1.165) is 11.8 Å². The lowest BCUT2D eigenvalue weighted by atomic mass is 9.86. The van der Waals surface area contributed by atoms with E-state index in [9.17, 15) is 0 Å². The highest BCUT2D eigenvalue weighted by Gasteiger charge is 2.50. The Hall–Kier alpha value is 0. The molecular weight excluding hydrogens is 168 g/mol. The Bertz CT molecular complexity index is 185. The van der Waals surface area contributed by atoms with Gasteiger partial charge in [0.05, 0.1) is 0 Å². The van der Waals surface area contributed by atoms with Gasteiger partial charge in [-0.05, 0) is 41.9 Å². The molecular formula is C14H28. The van der Waals surface area contributed by atoms with Gasteiger partial charge in [0.25, 0.3) is 0 Å². The van der Waals surface area contributed by atoms with Crippen LogP contribution in [0.2, 0.25) is 0 Å². The van der Waals surface area contributed by atoms with Gasteiger partial charge >= 0.3 is 0 Å². The fourth-order valence-corrected chi connectivity index (χ4v) is 2.79. The first-order chi connectivity index (χ1) is 6.25. The predicted octanol–water partition coefficient (Wildman–Crippen LogP) is 4.89. The normalized spacial score (nSPS) is 32.4. The SMILES string of the molecule is CC(C)C1CC1(C)CCCC(C)(C)C. The Morgan fingerprint density at radius 2 is 1.86 bits per heavy atom. The third kappa shape index (κ3) is 3.29. The van der Waals surface area contributed by atoms with Gasteiger partial charge in [-0.2, -0.15) is 0 Å². The smallest absolute Gasteiger partial charge is 0.0292 e. The lowest BCUT2D eigenvalue weighted by Gasteiger charge is -2.20. The lowest BCUT2D eigenvalue weighted by molar-refractivity contribution is 0.318. The summed E-state index contributed by atoms with van der Waals surface area (Å²) in [6, 6.07) is 0. The molecule has 2 atom stereocenters. The van der Waals surface area contributed by atoms with Gasteiger partial charge in [0.1, 0.15) is 0 Å². The number of hydrogen-bond acceptors (Lipinski definition) is 0. The van der Waals surface area contributed by atoms with E-state index < -0.39 is 0 Å². The van der Waals surface area contributed by atoms with E-state index in [2.05, 4.69) is 41.5 Å². The Balaban J connectivity index is 2.21. The maximum absolute atomic E-state index is 2.49. The zero-order valence-corrected chi connectivity index (χ0v) is 11.0. The van der Waals surface area contributed by atoms with E-state index in [0.29, 0.717) is 10.8 Å². The highest BCUT2D eigenvalue weighted by molar-refractivity contribution is 4.99. The number of hydrogen-bond donors (Lipinski definition) is 0. The second kappa shape index (κ2) is 3.87. The van der Waals surface area contributed by atoms with E-state index in [1.807, 2.05) is 0 Å². The van der Waals surface area contributed by atoms with Gasteiger partial charge in [0, 0.05) is 0 Å². The zero-order chi connectivity index (χ0) is 11.0. The molecule has 0 aliphatic heterocycles. The molecule has 0 bridgehead atoms. The Morgan fingerprint density at radius 1 is 1.29 bits per heavy atom. The average Bonchev–Trinajstić information content (AvgIpc) is 2.59. The summed E-state index contributed by atoms with van der Waals surface area (Å²) in [7, 11) is 0. The molecule has 1 aliphatic carbocycles. The van der Waals surface area contributed by atoms with E-state index in [1.165, 1.54) is 25.7 Å². The maximum Gasteiger partial charge on any atom is -0.0292 e. The fraction of sp³-hybridized carbons (Fsp3) is 1.00. The van der Waals surface area contributed by atoms with E-state index in [1.54, 1.807) is 0 Å². The van der Waals surface area contributed by atoms with Crippen molar-refractivity contribution in [1.29, 1.82) is 0 Å². The average molecular weight is 196 g/mol. The van der Waals surface area contributed by atoms with Gasteiger partial charge in [-0.15, -0.1) is 0 Å². The van der Waals surface area contributed by atoms with Crippen molar-refractivity contribution in [2.24, 2.45) is 22.7 Å². The molecule has 1 saturated carbocycles. The van der Waals surface area contributed by atoms with Gasteiger partial charge in [0.2, 0.25) is 0 Å². The minimum Gasteiger partial charge on any atom is -0.0625 e. The van der Waals surface area contributed by atoms with Crippen LogP contribution < -0.4 is 0 Å². The van der Waals surface area contributed by atoms with Crippen molar-refractivity contribution in [1.82, 2.24) is 0 Å². The summed E-state index contributed by atoms with van der Waals surface area (Å²) in [5.74, 6) is 1.91. The van der Waals surface area contributed by atoms with Crippen molar-refractivity contribution in [3.05, 3.63) is 0 Å². The Labute approximate surface area is 90.5 Å². The van der Waals surface area contributed by atoms with Crippen molar-refractivity contribution >= 4 is 0 Å². The molecule has 0 heterocycles. The van der Waals surface area contributed by atoms with Crippen molar-refractivity contribution in [3.63, 3.8) is 0 Å². The van der Waals surface area contributed by atoms with Gasteiger partial charge in [-0.3, -0.25) is 0 Å². The van der Waals surface area contributed by atoms with Crippen molar-refractivity contribution in [2.45, 2.75) is 67.2 Å². The van der Waals surface area contributed by atoms with Crippen LogP contribution in [0.1, 0.15) is 67.2 Å². The summed E-state index contributed by atoms with van der Waals surface area (Å²) in [4.78, 5) is 0. The predicted molar refractivity (Wildman–Crippen MR) is 64.4 cm³/mol. The molecule has 1 aliphatic rings. The second-order valence-electron chi connectivity index (χ2n) is 7.12. The van der Waals surface area contributed by atoms with Crippen LogP contribution >= 0.6 is 0 Å². The topological polar surface area (TPSA) is 0 Å². The van der Waals surface area contributed by atoms with Crippen LogP contribution in [-0.2, 0) is 0 Å². The lowest BCUT2D eigenvalue weighted by Crippen LogP contribution is -2.08. The van der Waals surface area contributed by atoms with Crippen molar-refractivity contribution < 1.29 is 0 Å². The molecule has 2 unspecified atom stereocenters. The molecule has 0 N–H and O–H groups in total. The first kappa shape index (κ1) is 12.1. The summed E-state index contributed by atoms with van der Waals surface area (Å²) >= 11 is 0. The zero-order valence-electron chi connectivity index (χ0n) is 11.0. The van der Waals surface area contributed by atoms with Crippen LogP contribution in [0.25, 0.3) is 0 Å². The Kier molecular flexibility index (Phi) is 3.33. The number of rotatable bonds is 4. The van der Waals surface area contributed by atoms with Crippen LogP contribution in [0.3, 0.4) is 0 Å². The second-order valence-corrected chi connectivity index (χ2v) is 7.12. The van der Waals surface area contributed by atoms with E-state index in [4.69, 9.17) is 0 Å². The summed E-state index contributed by atoms with van der Waals surface area (Å²) in [6.07, 6.45) is 5.73. The highest BCUT2D eigenvalue weighted by Crippen LogP contribution is 2.59. The Morgan fingerprint density at radius 3 is 2.21 bits per heavy atom. The van der Waals surface area contributed by atoms with Crippen molar-refractivity contribution in [2.75, 3.05) is 0 Å². The third-order valence-electron chi connectivity index (χ3n) is 3.90. The molecule has 0 aromatic carbocycles. The van der Waals surface area contributed by atoms with Gasteiger partial charge in [0.15, 0.2) is 0 Å². The molecule has 0 aromatic rings. The molecule has 0 amide bonds. The fourth-order valence-electron chi connectivity index (χ4n) is 2.79. The van der Waals surface area contributed by atoms with Crippen LogP contribution in [0, 0.1) is 22.7 Å². The molecule has 14 heavy (non-hydrogen) atoms. The monoisotopic (exact) mass is 196 g/mol. The van der Waals surface area contributed by atoms with Crippen LogP contribution in [-0.4, -0.2) is 0 Å². The minimum atomic E-state index is 0.526. The summed E-state index contributed by atoms with van der Waals surface area (Å²) in [6.45, 7) is 14.3. The quantitative estimate of drug-likeness (QED) is 0.601. The van der Waals surface area contributed by atoms with E-state index >= 15 is 0 Å². The van der Waals surface area contributed by atoms with Crippen molar-refractivity contribution in [3.8, 4) is 0 Å². The largest absolute Gasteiger partial charge is 0.0625 e. The molecule has 0 spiro atoms. The van der Waals surface area contributed by atoms with Crippen LogP contribution in [0.15, 0.2) is 0 Å². The minimum absolute atomic E-state index is 0.526. The molecule has 84 valence electrons. The first-order valence-corrected chi connectivity index (χ1v) is 6.25. The maximum atomic E-state index is 2.49. The van der Waals surface area contributed by atoms with E-state index in [-0.39, 0.29) is 0 Å². The van der Waals surface area contributed by atoms with Gasteiger partial charge < -0.3 is 0 Å². The molecule has 0 heteroatoms.